The molecule has 0 heterocycles. The molecule has 0 radical (unpaired) electrons. The Labute approximate surface area is 310 Å². The zero-order valence-electron chi connectivity index (χ0n) is 28.0. The van der Waals surface area contributed by atoms with Gasteiger partial charge in [-0.3, -0.25) is 4.79 Å². The molecule has 0 fully saturated rings. The number of carbonyl (C=O) groups excluding carboxylic acids is 4. The molecule has 4 rings (SSSR count). The van der Waals surface area contributed by atoms with Crippen LogP contribution in [0.5, 0.6) is 5.75 Å². The average molecular weight is 751 g/mol. The van der Waals surface area contributed by atoms with Crippen LogP contribution in [0.3, 0.4) is 0 Å². The third-order valence-corrected chi connectivity index (χ3v) is 7.82. The van der Waals surface area contributed by atoms with E-state index in [9.17, 15) is 29.1 Å². The quantitative estimate of drug-likeness (QED) is 0.0743. The zero-order valence-corrected chi connectivity index (χ0v) is 29.5. The zero-order chi connectivity index (χ0) is 37.3. The Hall–Kier alpha value is -5.59. The second-order valence-electron chi connectivity index (χ2n) is 11.3. The van der Waals surface area contributed by atoms with E-state index in [1.807, 2.05) is 17.0 Å². The minimum absolute atomic E-state index is 0.0212. The van der Waals surface area contributed by atoms with Gasteiger partial charge >= 0.3 is 24.0 Å². The van der Waals surface area contributed by atoms with Crippen LogP contribution in [0.25, 0.3) is 0 Å². The second kappa shape index (κ2) is 20.3. The van der Waals surface area contributed by atoms with Crippen molar-refractivity contribution in [2.75, 3.05) is 35.1 Å². The fourth-order valence-corrected chi connectivity index (χ4v) is 5.29. The van der Waals surface area contributed by atoms with Crippen molar-refractivity contribution in [3.63, 3.8) is 0 Å². The van der Waals surface area contributed by atoms with Gasteiger partial charge in [-0.1, -0.05) is 60.7 Å². The van der Waals surface area contributed by atoms with Gasteiger partial charge in [0.1, 0.15) is 25.0 Å². The lowest BCUT2D eigenvalue weighted by Gasteiger charge is -2.23. The van der Waals surface area contributed by atoms with Gasteiger partial charge < -0.3 is 34.9 Å². The number of carboxylic acids is 1. The van der Waals surface area contributed by atoms with E-state index >= 15 is 0 Å². The third kappa shape index (κ3) is 12.6. The molecule has 14 heteroatoms. The maximum Gasteiger partial charge on any atom is 0.413 e. The van der Waals surface area contributed by atoms with Crippen LogP contribution in [0.1, 0.15) is 44.7 Å². The van der Waals surface area contributed by atoms with E-state index in [2.05, 4.69) is 10.6 Å². The highest BCUT2D eigenvalue weighted by molar-refractivity contribution is 6.18. The summed E-state index contributed by atoms with van der Waals surface area (Å²) in [6.07, 6.45) is -1.68. The van der Waals surface area contributed by atoms with Crippen LogP contribution in [0.2, 0.25) is 0 Å². The summed E-state index contributed by atoms with van der Waals surface area (Å²) >= 11 is 11.7. The van der Waals surface area contributed by atoms with Crippen LogP contribution in [0.4, 0.5) is 16.2 Å². The monoisotopic (exact) mass is 749 g/mol. The van der Waals surface area contributed by atoms with Crippen molar-refractivity contribution in [3.05, 3.63) is 125 Å². The molecule has 3 N–H and O–H groups in total. The first kappa shape index (κ1) is 39.2. The second-order valence-corrected chi connectivity index (χ2v) is 12.0. The number of alkyl halides is 2. The first-order valence-electron chi connectivity index (χ1n) is 16.2. The van der Waals surface area contributed by atoms with E-state index in [0.717, 1.165) is 16.8 Å². The molecular weight excluding hydrogens is 713 g/mol. The average Bonchev–Trinajstić information content (AvgIpc) is 3.15. The van der Waals surface area contributed by atoms with Crippen molar-refractivity contribution >= 4 is 64.5 Å². The Bertz CT molecular complexity index is 1730. The van der Waals surface area contributed by atoms with E-state index in [0.29, 0.717) is 24.8 Å². The lowest BCUT2D eigenvalue weighted by molar-refractivity contribution is -0.139. The number of rotatable bonds is 18. The Morgan fingerprint density at radius 2 is 1.23 bits per heavy atom. The van der Waals surface area contributed by atoms with E-state index < -0.39 is 36.0 Å². The molecule has 0 unspecified atom stereocenters. The normalized spacial score (nSPS) is 11.1. The molecule has 4 aromatic rings. The molecule has 12 nitrogen and oxygen atoms in total. The number of amides is 2. The molecule has 1 atom stereocenters. The van der Waals surface area contributed by atoms with Crippen LogP contribution in [0, 0.1) is 0 Å². The van der Waals surface area contributed by atoms with Gasteiger partial charge in [-0.05, 0) is 60.0 Å². The van der Waals surface area contributed by atoms with Crippen LogP contribution >= 0.6 is 23.2 Å². The van der Waals surface area contributed by atoms with Crippen molar-refractivity contribution in [2.45, 2.75) is 32.1 Å². The number of nitrogens with zero attached hydrogens (tertiary/aromatic N) is 1. The summed E-state index contributed by atoms with van der Waals surface area (Å²) in [5, 5.41) is 14.6. The van der Waals surface area contributed by atoms with E-state index in [1.165, 1.54) is 18.2 Å². The molecule has 0 bridgehead atoms. The molecule has 0 aliphatic carbocycles. The van der Waals surface area contributed by atoms with Crippen LogP contribution in [-0.4, -0.2) is 65.9 Å². The minimum atomic E-state index is -1.47. The van der Waals surface area contributed by atoms with Gasteiger partial charge in [-0.15, -0.1) is 23.2 Å². The lowest BCUT2D eigenvalue weighted by atomic mass is 10.1. The van der Waals surface area contributed by atoms with Gasteiger partial charge in [0.15, 0.2) is 0 Å². The predicted molar refractivity (Wildman–Crippen MR) is 196 cm³/mol. The van der Waals surface area contributed by atoms with E-state index in [4.69, 9.17) is 37.4 Å². The number of aliphatic carboxylic acids is 1. The highest BCUT2D eigenvalue weighted by Gasteiger charge is 2.23. The summed E-state index contributed by atoms with van der Waals surface area (Å²) < 4.78 is 16.1. The SMILES string of the molecule is O=C(CC[C@H](NC(=O)Oc1ccc(N(CCCl)CCCl)cc1)C(=O)O)Nc1cc(C(=O)OCc2ccccc2)cc(C(=O)OCc2ccccc2)c1. The Morgan fingerprint density at radius 1 is 0.712 bits per heavy atom. The molecule has 0 saturated heterocycles. The molecule has 0 saturated carbocycles. The number of nitrogens with one attached hydrogen (secondary N) is 2. The number of esters is 2. The molecule has 52 heavy (non-hydrogen) atoms. The number of benzene rings is 4. The number of anilines is 2. The van der Waals surface area contributed by atoms with Crippen molar-refractivity contribution in [1.29, 1.82) is 0 Å². The fourth-order valence-electron chi connectivity index (χ4n) is 4.88. The molecule has 0 aliphatic heterocycles. The predicted octanol–water partition coefficient (Wildman–Crippen LogP) is 6.65. The summed E-state index contributed by atoms with van der Waals surface area (Å²) in [5.41, 5.74) is 2.34. The first-order valence-corrected chi connectivity index (χ1v) is 17.3. The maximum absolute atomic E-state index is 13.0. The van der Waals surface area contributed by atoms with Gasteiger partial charge in [0.25, 0.3) is 0 Å². The maximum atomic E-state index is 13.0. The Morgan fingerprint density at radius 3 is 1.71 bits per heavy atom. The minimum Gasteiger partial charge on any atom is -0.480 e. The first-order chi connectivity index (χ1) is 25.1. The molecule has 4 aromatic carbocycles. The Balaban J connectivity index is 1.38. The molecule has 2 amide bonds. The fraction of sp³-hybridized carbons (Fsp3) is 0.237. The van der Waals surface area contributed by atoms with Crippen molar-refractivity contribution in [2.24, 2.45) is 0 Å². The Kier molecular flexibility index (Phi) is 15.3. The largest absolute Gasteiger partial charge is 0.480 e. The van der Waals surface area contributed by atoms with Gasteiger partial charge in [0.2, 0.25) is 5.91 Å². The molecule has 0 aromatic heterocycles. The topological polar surface area (TPSA) is 161 Å². The summed E-state index contributed by atoms with van der Waals surface area (Å²) in [5.74, 6) is -2.56. The molecule has 0 spiro atoms. The third-order valence-electron chi connectivity index (χ3n) is 7.49. The summed E-state index contributed by atoms with van der Waals surface area (Å²) in [6, 6.07) is 27.0. The van der Waals surface area contributed by atoms with Gasteiger partial charge in [0, 0.05) is 42.6 Å². The van der Waals surface area contributed by atoms with Crippen molar-refractivity contribution in [3.8, 4) is 5.75 Å². The summed E-state index contributed by atoms with van der Waals surface area (Å²) in [7, 11) is 0. The van der Waals surface area contributed by atoms with Gasteiger partial charge in [0.05, 0.1) is 11.1 Å². The summed E-state index contributed by atoms with van der Waals surface area (Å²) in [6.45, 7) is 1.09. The number of halogens is 2. The van der Waals surface area contributed by atoms with E-state index in [-0.39, 0.29) is 48.6 Å². The van der Waals surface area contributed by atoms with Crippen LogP contribution in [0.15, 0.2) is 103 Å². The smallest absolute Gasteiger partial charge is 0.413 e. The van der Waals surface area contributed by atoms with E-state index in [1.54, 1.807) is 72.8 Å². The van der Waals surface area contributed by atoms with Gasteiger partial charge in [-0.25, -0.2) is 19.2 Å². The molecular formula is C38H37Cl2N3O9. The number of carboxylic acid groups (broad SMARTS) is 1. The molecule has 272 valence electrons. The number of ether oxygens (including phenoxy) is 3. The van der Waals surface area contributed by atoms with Crippen molar-refractivity contribution in [1.82, 2.24) is 5.32 Å². The van der Waals surface area contributed by atoms with Crippen molar-refractivity contribution < 1.29 is 43.3 Å². The standard InChI is InChI=1S/C38H37Cl2N3O9/c39-17-19-43(20-18-40)31-11-13-32(14-12-31)52-38(49)42-33(35(45)46)15-16-34(44)41-30-22-28(36(47)50-24-26-7-3-1-4-8-26)21-29(23-30)37(48)51-25-27-9-5-2-6-10-27/h1-14,21-23,33H,15-20,24-25H2,(H,41,44)(H,42,49)(H,45,46)/t33-/m0/s1. The molecule has 0 aliphatic rings. The van der Waals surface area contributed by atoms with Gasteiger partial charge in [-0.2, -0.15) is 0 Å². The van der Waals surface area contributed by atoms with Crippen LogP contribution < -0.4 is 20.3 Å². The summed E-state index contributed by atoms with van der Waals surface area (Å²) in [4.78, 5) is 65.5. The highest BCUT2D eigenvalue weighted by Crippen LogP contribution is 2.21. The number of hydrogen-bond acceptors (Lipinski definition) is 9. The van der Waals surface area contributed by atoms with Crippen LogP contribution in [-0.2, 0) is 32.3 Å². The lowest BCUT2D eigenvalue weighted by Crippen LogP contribution is -2.42. The number of carbonyl (C=O) groups is 5. The number of hydrogen-bond donors (Lipinski definition) is 3. The highest BCUT2D eigenvalue weighted by atomic mass is 35.5.